The molecule has 148 valence electrons. The molecular weight excluding hydrogens is 356 g/mol. The van der Waals surface area contributed by atoms with E-state index in [1.807, 2.05) is 31.2 Å². The Kier molecular flexibility index (Phi) is 4.25. The van der Waals surface area contributed by atoms with E-state index in [1.165, 1.54) is 0 Å². The Balaban J connectivity index is 1.49. The van der Waals surface area contributed by atoms with Crippen molar-refractivity contribution in [3.63, 3.8) is 0 Å². The number of hydrogen-bond acceptors (Lipinski definition) is 4. The number of nitrogens with one attached hydrogen (secondary N) is 1. The van der Waals surface area contributed by atoms with E-state index in [0.29, 0.717) is 43.0 Å². The highest BCUT2D eigenvalue weighted by atomic mass is 16.5. The van der Waals surface area contributed by atoms with Crippen molar-refractivity contribution in [1.29, 1.82) is 0 Å². The first-order chi connectivity index (χ1) is 13.2. The van der Waals surface area contributed by atoms with Gasteiger partial charge in [-0.1, -0.05) is 32.9 Å². The standard InChI is InChI=1S/C22H26N2O4/c1-14-13-17(21(2,3)4)27-18(14)20(26)24-11-9-22(10-12-24)23-19(25)15-7-5-6-8-16(15)28-22/h5-8,13H,9-12H2,1-4H3,(H,23,25). The Labute approximate surface area is 164 Å². The molecule has 3 heterocycles. The Hall–Kier alpha value is -2.76. The third-order valence-corrected chi connectivity index (χ3v) is 5.49. The summed E-state index contributed by atoms with van der Waals surface area (Å²) in [6, 6.07) is 9.19. The monoisotopic (exact) mass is 382 g/mol. The van der Waals surface area contributed by atoms with Crippen LogP contribution in [0.3, 0.4) is 0 Å². The van der Waals surface area contributed by atoms with Crippen molar-refractivity contribution in [3.05, 3.63) is 53.0 Å². The largest absolute Gasteiger partial charge is 0.467 e. The number of furan rings is 1. The average Bonchev–Trinajstić information content (AvgIpc) is 3.04. The Morgan fingerprint density at radius 1 is 1.18 bits per heavy atom. The number of hydrogen-bond donors (Lipinski definition) is 1. The molecule has 2 aliphatic rings. The smallest absolute Gasteiger partial charge is 0.289 e. The van der Waals surface area contributed by atoms with Crippen LogP contribution in [0.5, 0.6) is 5.75 Å². The molecule has 0 aliphatic carbocycles. The highest BCUT2D eigenvalue weighted by Gasteiger charge is 2.43. The number of ether oxygens (including phenoxy) is 1. The maximum absolute atomic E-state index is 13.0. The number of rotatable bonds is 1. The summed E-state index contributed by atoms with van der Waals surface area (Å²) in [5, 5.41) is 3.00. The summed E-state index contributed by atoms with van der Waals surface area (Å²) in [4.78, 5) is 27.2. The van der Waals surface area contributed by atoms with E-state index in [1.54, 1.807) is 11.0 Å². The van der Waals surface area contributed by atoms with E-state index in [4.69, 9.17) is 9.15 Å². The van der Waals surface area contributed by atoms with Gasteiger partial charge in [0, 0.05) is 36.9 Å². The summed E-state index contributed by atoms with van der Waals surface area (Å²) in [7, 11) is 0. The number of para-hydroxylation sites is 1. The van der Waals surface area contributed by atoms with Crippen molar-refractivity contribution in [1.82, 2.24) is 10.2 Å². The number of likely N-dealkylation sites (tertiary alicyclic amines) is 1. The van der Waals surface area contributed by atoms with Crippen LogP contribution in [0.25, 0.3) is 0 Å². The van der Waals surface area contributed by atoms with Crippen molar-refractivity contribution >= 4 is 11.8 Å². The third kappa shape index (κ3) is 3.17. The van der Waals surface area contributed by atoms with Gasteiger partial charge in [0.1, 0.15) is 11.5 Å². The third-order valence-electron chi connectivity index (χ3n) is 5.49. The van der Waals surface area contributed by atoms with E-state index >= 15 is 0 Å². The summed E-state index contributed by atoms with van der Waals surface area (Å²) in [6.07, 6.45) is 1.06. The lowest BCUT2D eigenvalue weighted by Gasteiger charge is -2.44. The molecule has 1 aromatic heterocycles. The van der Waals surface area contributed by atoms with Crippen molar-refractivity contribution in [2.45, 2.75) is 51.7 Å². The second-order valence-electron chi connectivity index (χ2n) is 8.71. The van der Waals surface area contributed by atoms with Crippen molar-refractivity contribution in [2.75, 3.05) is 13.1 Å². The molecule has 4 rings (SSSR count). The first-order valence-electron chi connectivity index (χ1n) is 9.69. The topological polar surface area (TPSA) is 71.8 Å². The van der Waals surface area contributed by atoms with Gasteiger partial charge in [-0.2, -0.15) is 0 Å². The van der Waals surface area contributed by atoms with Crippen LogP contribution in [0.15, 0.2) is 34.7 Å². The van der Waals surface area contributed by atoms with Crippen LogP contribution in [0.4, 0.5) is 0 Å². The summed E-state index contributed by atoms with van der Waals surface area (Å²) in [6.45, 7) is 9.07. The van der Waals surface area contributed by atoms with Gasteiger partial charge in [0.25, 0.3) is 11.8 Å². The predicted octanol–water partition coefficient (Wildman–Crippen LogP) is 3.64. The van der Waals surface area contributed by atoms with Crippen LogP contribution in [-0.4, -0.2) is 35.5 Å². The zero-order valence-corrected chi connectivity index (χ0v) is 16.8. The van der Waals surface area contributed by atoms with Gasteiger partial charge in [-0.05, 0) is 25.1 Å². The van der Waals surface area contributed by atoms with Crippen LogP contribution in [0, 0.1) is 6.92 Å². The van der Waals surface area contributed by atoms with E-state index < -0.39 is 5.72 Å². The highest BCUT2D eigenvalue weighted by molar-refractivity contribution is 5.98. The van der Waals surface area contributed by atoms with Gasteiger partial charge in [-0.15, -0.1) is 0 Å². The lowest BCUT2D eigenvalue weighted by molar-refractivity contribution is -0.0251. The molecule has 6 heteroatoms. The maximum atomic E-state index is 13.0. The Morgan fingerprint density at radius 2 is 1.86 bits per heavy atom. The van der Waals surface area contributed by atoms with E-state index in [-0.39, 0.29) is 17.2 Å². The molecule has 6 nitrogen and oxygen atoms in total. The quantitative estimate of drug-likeness (QED) is 0.817. The van der Waals surface area contributed by atoms with Gasteiger partial charge in [0.15, 0.2) is 11.5 Å². The molecule has 0 saturated carbocycles. The molecule has 0 bridgehead atoms. The van der Waals surface area contributed by atoms with Gasteiger partial charge < -0.3 is 19.4 Å². The normalized spacial score (nSPS) is 18.4. The molecule has 1 aromatic carbocycles. The molecule has 2 aliphatic heterocycles. The predicted molar refractivity (Wildman–Crippen MR) is 105 cm³/mol. The van der Waals surface area contributed by atoms with Gasteiger partial charge in [-0.3, -0.25) is 9.59 Å². The number of piperidine rings is 1. The number of benzene rings is 1. The fourth-order valence-electron chi connectivity index (χ4n) is 3.76. The summed E-state index contributed by atoms with van der Waals surface area (Å²) in [5.41, 5.74) is 0.499. The van der Waals surface area contributed by atoms with Crippen molar-refractivity contribution in [3.8, 4) is 5.75 Å². The van der Waals surface area contributed by atoms with E-state index in [0.717, 1.165) is 11.3 Å². The van der Waals surface area contributed by atoms with Crippen LogP contribution in [-0.2, 0) is 5.41 Å². The molecule has 0 radical (unpaired) electrons. The minimum absolute atomic E-state index is 0.106. The Bertz CT molecular complexity index is 930. The number of aryl methyl sites for hydroxylation is 1. The van der Waals surface area contributed by atoms with Gasteiger partial charge >= 0.3 is 0 Å². The number of nitrogens with zero attached hydrogens (tertiary/aromatic N) is 1. The lowest BCUT2D eigenvalue weighted by atomic mass is 9.93. The molecule has 1 fully saturated rings. The van der Waals surface area contributed by atoms with Crippen LogP contribution in [0.1, 0.15) is 65.8 Å². The lowest BCUT2D eigenvalue weighted by Crippen LogP contribution is -2.61. The van der Waals surface area contributed by atoms with Crippen molar-refractivity contribution in [2.24, 2.45) is 0 Å². The first kappa shape index (κ1) is 18.6. The Morgan fingerprint density at radius 3 is 2.50 bits per heavy atom. The molecule has 0 unspecified atom stereocenters. The molecule has 28 heavy (non-hydrogen) atoms. The average molecular weight is 382 g/mol. The van der Waals surface area contributed by atoms with E-state index in [2.05, 4.69) is 26.1 Å². The number of carbonyl (C=O) groups is 2. The van der Waals surface area contributed by atoms with Crippen LogP contribution >= 0.6 is 0 Å². The second-order valence-corrected chi connectivity index (χ2v) is 8.71. The highest BCUT2D eigenvalue weighted by Crippen LogP contribution is 2.34. The van der Waals surface area contributed by atoms with Crippen LogP contribution < -0.4 is 10.1 Å². The number of fused-ring (bicyclic) bond motifs is 1. The van der Waals surface area contributed by atoms with Crippen molar-refractivity contribution < 1.29 is 18.7 Å². The minimum Gasteiger partial charge on any atom is -0.467 e. The zero-order valence-electron chi connectivity index (χ0n) is 16.8. The van der Waals surface area contributed by atoms with Crippen LogP contribution in [0.2, 0.25) is 0 Å². The summed E-state index contributed by atoms with van der Waals surface area (Å²) >= 11 is 0. The van der Waals surface area contributed by atoms with Gasteiger partial charge in [0.05, 0.1) is 5.56 Å². The number of carbonyl (C=O) groups excluding carboxylic acids is 2. The molecule has 2 aromatic rings. The van der Waals surface area contributed by atoms with Gasteiger partial charge in [0.2, 0.25) is 0 Å². The molecule has 1 N–H and O–H groups in total. The molecule has 1 spiro atoms. The molecule has 2 amide bonds. The SMILES string of the molecule is Cc1cc(C(C)(C)C)oc1C(=O)N1CCC2(CC1)NC(=O)c1ccccc1O2. The summed E-state index contributed by atoms with van der Waals surface area (Å²) in [5.74, 6) is 1.58. The maximum Gasteiger partial charge on any atom is 0.289 e. The zero-order chi connectivity index (χ0) is 20.1. The van der Waals surface area contributed by atoms with Gasteiger partial charge in [-0.25, -0.2) is 0 Å². The van der Waals surface area contributed by atoms with E-state index in [9.17, 15) is 9.59 Å². The minimum atomic E-state index is -0.753. The summed E-state index contributed by atoms with van der Waals surface area (Å²) < 4.78 is 12.0. The fraction of sp³-hybridized carbons (Fsp3) is 0.455. The molecular formula is C22H26N2O4. The first-order valence-corrected chi connectivity index (χ1v) is 9.69. The fourth-order valence-corrected chi connectivity index (χ4v) is 3.76. The molecule has 1 saturated heterocycles. The second kappa shape index (κ2) is 6.40. The molecule has 0 atom stereocenters. The number of amides is 2.